The van der Waals surface area contributed by atoms with Crippen LogP contribution in [0.5, 0.6) is 0 Å². The summed E-state index contributed by atoms with van der Waals surface area (Å²) in [5.41, 5.74) is -2.22. The minimum absolute atomic E-state index is 0.201. The molecule has 3 aromatic rings. The molecule has 0 fully saturated rings. The van der Waals surface area contributed by atoms with Crippen molar-refractivity contribution in [1.82, 2.24) is 15.0 Å². The molecule has 1 N–H and O–H groups in total. The minimum Gasteiger partial charge on any atom is -0.321 e. The predicted molar refractivity (Wildman–Crippen MR) is 88.4 cm³/mol. The molecule has 1 amide bonds. The van der Waals surface area contributed by atoms with Gasteiger partial charge in [0.25, 0.3) is 5.91 Å². The van der Waals surface area contributed by atoms with Gasteiger partial charge in [0.2, 0.25) is 0 Å². The van der Waals surface area contributed by atoms with Crippen LogP contribution in [0.2, 0.25) is 0 Å². The fourth-order valence-corrected chi connectivity index (χ4v) is 2.47. The van der Waals surface area contributed by atoms with Crippen molar-refractivity contribution in [2.24, 2.45) is 0 Å². The number of benzene rings is 2. The molecule has 1 aromatic heterocycles. The second-order valence-electron chi connectivity index (χ2n) is 5.14. The van der Waals surface area contributed by atoms with E-state index in [4.69, 9.17) is 0 Å². The number of rotatable bonds is 3. The lowest BCUT2D eigenvalue weighted by Crippen LogP contribution is -2.21. The molecule has 0 spiro atoms. The summed E-state index contributed by atoms with van der Waals surface area (Å²) in [6.07, 6.45) is -4.93. The maximum Gasteiger partial charge on any atom is 0.435 e. The molecule has 0 radical (unpaired) electrons. The highest BCUT2D eigenvalue weighted by Gasteiger charge is 2.42. The summed E-state index contributed by atoms with van der Waals surface area (Å²) in [6, 6.07) is 10.6. The third-order valence-corrected chi connectivity index (χ3v) is 3.84. The van der Waals surface area contributed by atoms with Crippen LogP contribution in [0.3, 0.4) is 0 Å². The van der Waals surface area contributed by atoms with Crippen molar-refractivity contribution in [3.63, 3.8) is 0 Å². The molecule has 0 aliphatic heterocycles. The Kier molecular flexibility index (Phi) is 4.77. The molecule has 0 aliphatic rings. The quantitative estimate of drug-likeness (QED) is 0.627. The van der Waals surface area contributed by atoms with E-state index in [1.165, 1.54) is 24.3 Å². The first-order valence-corrected chi connectivity index (χ1v) is 7.91. The monoisotopic (exact) mass is 428 g/mol. The molecular weight excluding hydrogens is 420 g/mol. The van der Waals surface area contributed by atoms with Gasteiger partial charge in [0.1, 0.15) is 5.82 Å². The Bertz CT molecular complexity index is 954. The Morgan fingerprint density at radius 2 is 1.81 bits per heavy atom. The van der Waals surface area contributed by atoms with Gasteiger partial charge in [0, 0.05) is 10.2 Å². The Labute approximate surface area is 152 Å². The topological polar surface area (TPSA) is 59.8 Å². The summed E-state index contributed by atoms with van der Waals surface area (Å²) in [5, 5.41) is 9.06. The minimum atomic E-state index is -4.93. The summed E-state index contributed by atoms with van der Waals surface area (Å²) in [4.78, 5) is 12.3. The Morgan fingerprint density at radius 1 is 1.12 bits per heavy atom. The SMILES string of the molecule is O=C(Nc1ccc(Br)cc1)c1nnn(-c2cccc(F)c2)c1C(F)(F)F. The zero-order chi connectivity index (χ0) is 18.9. The van der Waals surface area contributed by atoms with Crippen LogP contribution >= 0.6 is 15.9 Å². The lowest BCUT2D eigenvalue weighted by molar-refractivity contribution is -0.143. The predicted octanol–water partition coefficient (Wildman–Crippen LogP) is 4.44. The van der Waals surface area contributed by atoms with E-state index in [1.807, 2.05) is 0 Å². The van der Waals surface area contributed by atoms with Crippen LogP contribution < -0.4 is 5.32 Å². The van der Waals surface area contributed by atoms with E-state index in [1.54, 1.807) is 12.1 Å². The summed E-state index contributed by atoms with van der Waals surface area (Å²) in [7, 11) is 0. The van der Waals surface area contributed by atoms with Gasteiger partial charge in [-0.3, -0.25) is 4.79 Å². The molecule has 0 aliphatic carbocycles. The van der Waals surface area contributed by atoms with Crippen molar-refractivity contribution in [3.8, 4) is 5.69 Å². The van der Waals surface area contributed by atoms with E-state index in [-0.39, 0.29) is 11.4 Å². The molecular formula is C16H9BrF4N4O. The van der Waals surface area contributed by atoms with Gasteiger partial charge in [-0.2, -0.15) is 13.2 Å². The molecule has 5 nitrogen and oxygen atoms in total. The van der Waals surface area contributed by atoms with Gasteiger partial charge < -0.3 is 5.32 Å². The number of carbonyl (C=O) groups is 1. The number of hydrogen-bond acceptors (Lipinski definition) is 3. The fraction of sp³-hybridized carbons (Fsp3) is 0.0625. The largest absolute Gasteiger partial charge is 0.435 e. The Morgan fingerprint density at radius 3 is 2.42 bits per heavy atom. The second kappa shape index (κ2) is 6.87. The number of nitrogens with one attached hydrogen (secondary N) is 1. The van der Waals surface area contributed by atoms with Crippen LogP contribution in [-0.4, -0.2) is 20.9 Å². The van der Waals surface area contributed by atoms with Crippen molar-refractivity contribution >= 4 is 27.5 Å². The van der Waals surface area contributed by atoms with Crippen molar-refractivity contribution in [2.45, 2.75) is 6.18 Å². The summed E-state index contributed by atoms with van der Waals surface area (Å²) in [6.45, 7) is 0. The molecule has 0 bridgehead atoms. The van der Waals surface area contributed by atoms with Crippen LogP contribution in [0.1, 0.15) is 16.2 Å². The van der Waals surface area contributed by atoms with Crippen LogP contribution in [0.15, 0.2) is 53.0 Å². The summed E-state index contributed by atoms with van der Waals surface area (Å²) >= 11 is 3.21. The van der Waals surface area contributed by atoms with E-state index in [9.17, 15) is 22.4 Å². The van der Waals surface area contributed by atoms with E-state index >= 15 is 0 Å². The zero-order valence-electron chi connectivity index (χ0n) is 12.8. The highest BCUT2D eigenvalue weighted by Crippen LogP contribution is 2.33. The first-order valence-electron chi connectivity index (χ1n) is 7.11. The lowest BCUT2D eigenvalue weighted by Gasteiger charge is -2.11. The molecule has 0 atom stereocenters. The molecule has 26 heavy (non-hydrogen) atoms. The van der Waals surface area contributed by atoms with Gasteiger partial charge in [0.05, 0.1) is 5.69 Å². The summed E-state index contributed by atoms with van der Waals surface area (Å²) < 4.78 is 55.0. The number of nitrogens with zero attached hydrogens (tertiary/aromatic N) is 3. The van der Waals surface area contributed by atoms with E-state index in [0.717, 1.165) is 16.6 Å². The maximum absolute atomic E-state index is 13.5. The smallest absolute Gasteiger partial charge is 0.321 e. The average Bonchev–Trinajstić information content (AvgIpc) is 3.02. The van der Waals surface area contributed by atoms with Crippen molar-refractivity contribution < 1.29 is 22.4 Å². The number of carbonyl (C=O) groups excluding carboxylic acids is 1. The molecule has 134 valence electrons. The average molecular weight is 429 g/mol. The van der Waals surface area contributed by atoms with Crippen LogP contribution in [0, 0.1) is 5.82 Å². The molecule has 0 unspecified atom stereocenters. The third kappa shape index (κ3) is 3.74. The molecule has 10 heteroatoms. The van der Waals surface area contributed by atoms with E-state index < -0.39 is 29.3 Å². The second-order valence-corrected chi connectivity index (χ2v) is 6.05. The number of halogens is 5. The third-order valence-electron chi connectivity index (χ3n) is 3.31. The summed E-state index contributed by atoms with van der Waals surface area (Å²) in [5.74, 6) is -1.82. The van der Waals surface area contributed by atoms with Crippen LogP contribution in [-0.2, 0) is 6.18 Å². The number of aromatic nitrogens is 3. The standard InChI is InChI=1S/C16H9BrF4N4O/c17-9-4-6-11(7-5-9)22-15(26)13-14(16(19,20)21)25(24-23-13)12-3-1-2-10(18)8-12/h1-8H,(H,22,26). The molecule has 0 saturated carbocycles. The normalized spacial score (nSPS) is 11.4. The molecule has 3 rings (SSSR count). The maximum atomic E-state index is 13.5. The lowest BCUT2D eigenvalue weighted by atomic mass is 10.2. The highest BCUT2D eigenvalue weighted by molar-refractivity contribution is 9.10. The number of hydrogen-bond donors (Lipinski definition) is 1. The van der Waals surface area contributed by atoms with Crippen molar-refractivity contribution in [1.29, 1.82) is 0 Å². The van der Waals surface area contributed by atoms with E-state index in [0.29, 0.717) is 4.68 Å². The molecule has 2 aromatic carbocycles. The molecule has 1 heterocycles. The van der Waals surface area contributed by atoms with Crippen LogP contribution in [0.25, 0.3) is 5.69 Å². The van der Waals surface area contributed by atoms with Crippen molar-refractivity contribution in [2.75, 3.05) is 5.32 Å². The van der Waals surface area contributed by atoms with E-state index in [2.05, 4.69) is 31.6 Å². The fourth-order valence-electron chi connectivity index (χ4n) is 2.20. The zero-order valence-corrected chi connectivity index (χ0v) is 14.3. The number of anilines is 1. The Hall–Kier alpha value is -2.75. The van der Waals surface area contributed by atoms with Gasteiger partial charge >= 0.3 is 6.18 Å². The first kappa shape index (κ1) is 18.1. The number of alkyl halides is 3. The van der Waals surface area contributed by atoms with Gasteiger partial charge in [-0.05, 0) is 42.5 Å². The number of amides is 1. The molecule has 0 saturated heterocycles. The van der Waals surface area contributed by atoms with Crippen molar-refractivity contribution in [3.05, 3.63) is 70.2 Å². The van der Waals surface area contributed by atoms with Gasteiger partial charge in [-0.1, -0.05) is 27.2 Å². The highest BCUT2D eigenvalue weighted by atomic mass is 79.9. The van der Waals surface area contributed by atoms with Gasteiger partial charge in [-0.15, -0.1) is 5.10 Å². The first-order chi connectivity index (χ1) is 12.3. The van der Waals surface area contributed by atoms with Gasteiger partial charge in [-0.25, -0.2) is 9.07 Å². The Balaban J connectivity index is 2.02. The van der Waals surface area contributed by atoms with Gasteiger partial charge in [0.15, 0.2) is 11.4 Å². The van der Waals surface area contributed by atoms with Crippen LogP contribution in [0.4, 0.5) is 23.2 Å².